The molecular formula is C14H27NO3. The van der Waals surface area contributed by atoms with Crippen LogP contribution >= 0.6 is 0 Å². The lowest BCUT2D eigenvalue weighted by Gasteiger charge is -2.27. The third-order valence-electron chi connectivity index (χ3n) is 3.28. The van der Waals surface area contributed by atoms with Crippen molar-refractivity contribution in [2.75, 3.05) is 6.61 Å². The predicted molar refractivity (Wildman–Crippen MR) is 71.8 cm³/mol. The molecule has 0 aliphatic heterocycles. The second kappa shape index (κ2) is 7.10. The molecule has 0 aromatic carbocycles. The van der Waals surface area contributed by atoms with Crippen molar-refractivity contribution >= 4 is 5.97 Å². The van der Waals surface area contributed by atoms with E-state index < -0.39 is 12.0 Å². The molecule has 2 N–H and O–H groups in total. The quantitative estimate of drug-likeness (QED) is 0.768. The van der Waals surface area contributed by atoms with E-state index in [9.17, 15) is 9.90 Å². The molecule has 0 aromatic heterocycles. The van der Waals surface area contributed by atoms with Crippen molar-refractivity contribution in [2.45, 2.75) is 77.0 Å². The van der Waals surface area contributed by atoms with E-state index in [0.29, 0.717) is 19.1 Å². The van der Waals surface area contributed by atoms with E-state index in [1.165, 1.54) is 19.3 Å². The van der Waals surface area contributed by atoms with Crippen LogP contribution in [-0.2, 0) is 9.53 Å². The number of hydrogen-bond acceptors (Lipinski definition) is 3. The SMILES string of the molecule is CC(C)(C)OCC[C@H](NC1CCCCC1)C(=O)O. The van der Waals surface area contributed by atoms with Crippen molar-refractivity contribution in [2.24, 2.45) is 0 Å². The summed E-state index contributed by atoms with van der Waals surface area (Å²) in [5.41, 5.74) is -0.201. The Morgan fingerprint density at radius 3 is 2.44 bits per heavy atom. The second-order valence-corrected chi connectivity index (χ2v) is 6.14. The number of aliphatic carboxylic acids is 1. The van der Waals surface area contributed by atoms with Gasteiger partial charge in [0.15, 0.2) is 0 Å². The van der Waals surface area contributed by atoms with E-state index in [4.69, 9.17) is 4.74 Å². The van der Waals surface area contributed by atoms with Crippen LogP contribution in [0, 0.1) is 0 Å². The largest absolute Gasteiger partial charge is 0.480 e. The van der Waals surface area contributed by atoms with Gasteiger partial charge < -0.3 is 15.2 Å². The highest BCUT2D eigenvalue weighted by molar-refractivity contribution is 5.73. The fourth-order valence-electron chi connectivity index (χ4n) is 2.31. The van der Waals surface area contributed by atoms with Crippen LogP contribution in [0.25, 0.3) is 0 Å². The zero-order valence-corrected chi connectivity index (χ0v) is 11.9. The van der Waals surface area contributed by atoms with E-state index in [1.54, 1.807) is 0 Å². The minimum atomic E-state index is -0.766. The Labute approximate surface area is 110 Å². The molecule has 0 radical (unpaired) electrons. The summed E-state index contributed by atoms with van der Waals surface area (Å²) in [5.74, 6) is -0.766. The summed E-state index contributed by atoms with van der Waals surface area (Å²) in [4.78, 5) is 11.2. The van der Waals surface area contributed by atoms with Crippen LogP contribution in [-0.4, -0.2) is 35.4 Å². The summed E-state index contributed by atoms with van der Waals surface area (Å²) >= 11 is 0. The summed E-state index contributed by atoms with van der Waals surface area (Å²) in [6.45, 7) is 6.44. The average molecular weight is 257 g/mol. The van der Waals surface area contributed by atoms with Crippen LogP contribution in [0.4, 0.5) is 0 Å². The Bertz CT molecular complexity index is 254. The minimum Gasteiger partial charge on any atom is -0.480 e. The summed E-state index contributed by atoms with van der Waals surface area (Å²) in [5, 5.41) is 12.5. The highest BCUT2D eigenvalue weighted by Crippen LogP contribution is 2.18. The van der Waals surface area contributed by atoms with Crippen molar-refractivity contribution in [1.82, 2.24) is 5.32 Å². The molecule has 106 valence electrons. The fourth-order valence-corrected chi connectivity index (χ4v) is 2.31. The topological polar surface area (TPSA) is 58.6 Å². The zero-order valence-electron chi connectivity index (χ0n) is 11.9. The number of hydrogen-bond donors (Lipinski definition) is 2. The number of ether oxygens (including phenoxy) is 1. The molecule has 18 heavy (non-hydrogen) atoms. The van der Waals surface area contributed by atoms with Gasteiger partial charge in [0, 0.05) is 12.6 Å². The maximum Gasteiger partial charge on any atom is 0.320 e. The molecule has 1 aliphatic carbocycles. The molecule has 0 saturated heterocycles. The second-order valence-electron chi connectivity index (χ2n) is 6.14. The standard InChI is InChI=1S/C14H27NO3/c1-14(2,3)18-10-9-12(13(16)17)15-11-7-5-4-6-8-11/h11-12,15H,4-10H2,1-3H3,(H,16,17)/t12-/m0/s1. The molecule has 0 aromatic rings. The van der Waals surface area contributed by atoms with Gasteiger partial charge >= 0.3 is 5.97 Å². The summed E-state index contributed by atoms with van der Waals surface area (Å²) in [7, 11) is 0. The van der Waals surface area contributed by atoms with Crippen molar-refractivity contribution < 1.29 is 14.6 Å². The predicted octanol–water partition coefficient (Wildman–Crippen LogP) is 2.57. The molecule has 0 unspecified atom stereocenters. The summed E-state index contributed by atoms with van der Waals surface area (Å²) in [6.07, 6.45) is 6.44. The van der Waals surface area contributed by atoms with Gasteiger partial charge in [-0.1, -0.05) is 19.3 Å². The lowest BCUT2D eigenvalue weighted by molar-refractivity contribution is -0.140. The first-order valence-corrected chi connectivity index (χ1v) is 7.01. The molecular weight excluding hydrogens is 230 g/mol. The Morgan fingerprint density at radius 2 is 1.94 bits per heavy atom. The van der Waals surface area contributed by atoms with Crippen LogP contribution in [0.2, 0.25) is 0 Å². The van der Waals surface area contributed by atoms with Gasteiger partial charge in [0.05, 0.1) is 5.60 Å². The van der Waals surface area contributed by atoms with Crippen LogP contribution in [0.3, 0.4) is 0 Å². The highest BCUT2D eigenvalue weighted by Gasteiger charge is 2.23. The first kappa shape index (κ1) is 15.4. The van der Waals surface area contributed by atoms with E-state index in [0.717, 1.165) is 12.8 Å². The van der Waals surface area contributed by atoms with Gasteiger partial charge in [0.2, 0.25) is 0 Å². The Kier molecular flexibility index (Phi) is 6.09. The molecule has 1 rings (SSSR count). The number of nitrogens with one attached hydrogen (secondary N) is 1. The van der Waals surface area contributed by atoms with Gasteiger partial charge in [-0.2, -0.15) is 0 Å². The monoisotopic (exact) mass is 257 g/mol. The molecule has 1 saturated carbocycles. The van der Waals surface area contributed by atoms with Crippen LogP contribution in [0.5, 0.6) is 0 Å². The van der Waals surface area contributed by atoms with E-state index >= 15 is 0 Å². The smallest absolute Gasteiger partial charge is 0.320 e. The third-order valence-corrected chi connectivity index (χ3v) is 3.28. The first-order chi connectivity index (χ1) is 8.38. The van der Waals surface area contributed by atoms with Crippen molar-refractivity contribution in [3.63, 3.8) is 0 Å². The van der Waals surface area contributed by atoms with Gasteiger partial charge in [-0.05, 0) is 40.0 Å². The first-order valence-electron chi connectivity index (χ1n) is 7.01. The molecule has 0 bridgehead atoms. The molecule has 0 spiro atoms. The van der Waals surface area contributed by atoms with Gasteiger partial charge in [-0.15, -0.1) is 0 Å². The zero-order chi connectivity index (χ0) is 13.6. The fraction of sp³-hybridized carbons (Fsp3) is 0.929. The maximum absolute atomic E-state index is 11.2. The summed E-state index contributed by atoms with van der Waals surface area (Å²) in [6, 6.07) is -0.107. The number of carbonyl (C=O) groups is 1. The lowest BCUT2D eigenvalue weighted by atomic mass is 9.94. The number of rotatable bonds is 6. The molecule has 1 fully saturated rings. The van der Waals surface area contributed by atoms with Gasteiger partial charge in [0.1, 0.15) is 6.04 Å². The van der Waals surface area contributed by atoms with Crippen molar-refractivity contribution in [1.29, 1.82) is 0 Å². The lowest BCUT2D eigenvalue weighted by Crippen LogP contribution is -2.45. The van der Waals surface area contributed by atoms with Gasteiger partial charge in [-0.25, -0.2) is 0 Å². The molecule has 4 heteroatoms. The molecule has 4 nitrogen and oxygen atoms in total. The van der Waals surface area contributed by atoms with Gasteiger partial charge in [0.25, 0.3) is 0 Å². The Balaban J connectivity index is 2.32. The number of carboxylic acid groups (broad SMARTS) is 1. The third kappa shape index (κ3) is 6.36. The molecule has 1 atom stereocenters. The maximum atomic E-state index is 11.2. The summed E-state index contributed by atoms with van der Waals surface area (Å²) < 4.78 is 5.60. The van der Waals surface area contributed by atoms with E-state index in [2.05, 4.69) is 5.32 Å². The molecule has 0 amide bonds. The number of carboxylic acids is 1. The van der Waals surface area contributed by atoms with Crippen LogP contribution < -0.4 is 5.32 Å². The van der Waals surface area contributed by atoms with Crippen molar-refractivity contribution in [3.8, 4) is 0 Å². The minimum absolute atomic E-state index is 0.201. The Hall–Kier alpha value is -0.610. The van der Waals surface area contributed by atoms with Gasteiger partial charge in [-0.3, -0.25) is 4.79 Å². The average Bonchev–Trinajstić information content (AvgIpc) is 2.27. The molecule has 0 heterocycles. The van der Waals surface area contributed by atoms with Crippen LogP contribution in [0.1, 0.15) is 59.3 Å². The van der Waals surface area contributed by atoms with E-state index in [1.807, 2.05) is 20.8 Å². The Morgan fingerprint density at radius 1 is 1.33 bits per heavy atom. The van der Waals surface area contributed by atoms with Crippen LogP contribution in [0.15, 0.2) is 0 Å². The normalized spacial score (nSPS) is 19.7. The molecule has 1 aliphatic rings. The van der Waals surface area contributed by atoms with Crippen molar-refractivity contribution in [3.05, 3.63) is 0 Å². The highest BCUT2D eigenvalue weighted by atomic mass is 16.5. The van der Waals surface area contributed by atoms with E-state index in [-0.39, 0.29) is 5.60 Å².